The van der Waals surface area contributed by atoms with Crippen molar-refractivity contribution in [1.82, 2.24) is 4.98 Å². The Morgan fingerprint density at radius 3 is 2.00 bits per heavy atom. The lowest BCUT2D eigenvalue weighted by Gasteiger charge is -2.25. The molecule has 0 bridgehead atoms. The average Bonchev–Trinajstić information content (AvgIpc) is 3.85. The van der Waals surface area contributed by atoms with E-state index in [1.54, 1.807) is 0 Å². The second-order valence-corrected chi connectivity index (χ2v) is 12.0. The molecule has 0 amide bonds. The molecule has 48 heavy (non-hydrogen) atoms. The van der Waals surface area contributed by atoms with Crippen molar-refractivity contribution in [1.29, 1.82) is 0 Å². The Hall–Kier alpha value is -6.59. The first-order valence-corrected chi connectivity index (χ1v) is 16.0. The number of oxazole rings is 1. The van der Waals surface area contributed by atoms with E-state index in [4.69, 9.17) is 18.2 Å². The van der Waals surface area contributed by atoms with Gasteiger partial charge in [-0.15, -0.1) is 0 Å². The smallest absolute Gasteiger partial charge is 0.227 e. The summed E-state index contributed by atoms with van der Waals surface area (Å²) >= 11 is 0. The minimum absolute atomic E-state index is 0.597. The lowest BCUT2D eigenvalue weighted by atomic mass is 9.99. The first-order valence-electron chi connectivity index (χ1n) is 16.0. The summed E-state index contributed by atoms with van der Waals surface area (Å²) in [6, 6.07) is 53.9. The molecule has 226 valence electrons. The molecule has 3 aromatic heterocycles. The first-order chi connectivity index (χ1) is 23.8. The molecule has 0 spiro atoms. The van der Waals surface area contributed by atoms with Crippen molar-refractivity contribution in [3.8, 4) is 22.6 Å². The van der Waals surface area contributed by atoms with E-state index >= 15 is 0 Å². The standard InChI is InChI=1S/C43H26N2O3/c1-3-11-28(12-4-1)43-44-35-26-39-34(25-40(35)48-43)41-31(16-10-20-38(41)46-39)27-21-23-30(24-22-27)45(29-13-5-2-6-14-29)36-18-9-17-33-32-15-7-8-19-37(32)47-42(33)36/h1-26H. The number of furan rings is 2. The van der Waals surface area contributed by atoms with E-state index in [1.165, 1.54) is 0 Å². The third-order valence-electron chi connectivity index (χ3n) is 9.10. The highest BCUT2D eigenvalue weighted by Gasteiger charge is 2.20. The van der Waals surface area contributed by atoms with Crippen molar-refractivity contribution in [2.24, 2.45) is 0 Å². The van der Waals surface area contributed by atoms with Gasteiger partial charge in [-0.3, -0.25) is 0 Å². The maximum absolute atomic E-state index is 6.47. The largest absolute Gasteiger partial charge is 0.456 e. The number of anilines is 3. The van der Waals surface area contributed by atoms with Crippen LogP contribution in [0, 0.1) is 0 Å². The van der Waals surface area contributed by atoms with Crippen molar-refractivity contribution in [2.75, 3.05) is 4.90 Å². The van der Waals surface area contributed by atoms with Crippen molar-refractivity contribution < 1.29 is 13.3 Å². The Morgan fingerprint density at radius 2 is 1.15 bits per heavy atom. The van der Waals surface area contributed by atoms with Gasteiger partial charge < -0.3 is 18.2 Å². The lowest BCUT2D eigenvalue weighted by molar-refractivity contribution is 0.620. The van der Waals surface area contributed by atoms with Crippen LogP contribution in [0.1, 0.15) is 0 Å². The number of para-hydroxylation sites is 3. The van der Waals surface area contributed by atoms with Gasteiger partial charge in [-0.25, -0.2) is 4.98 Å². The van der Waals surface area contributed by atoms with Gasteiger partial charge in [0.25, 0.3) is 0 Å². The molecule has 5 heteroatoms. The van der Waals surface area contributed by atoms with Crippen molar-refractivity contribution in [3.05, 3.63) is 158 Å². The van der Waals surface area contributed by atoms with E-state index in [0.717, 1.165) is 88.7 Å². The van der Waals surface area contributed by atoms with Crippen LogP contribution in [0.3, 0.4) is 0 Å². The Balaban J connectivity index is 1.10. The molecule has 0 saturated carbocycles. The molecule has 0 saturated heterocycles. The van der Waals surface area contributed by atoms with Crippen molar-refractivity contribution >= 4 is 72.0 Å². The average molecular weight is 619 g/mol. The zero-order chi connectivity index (χ0) is 31.6. The zero-order valence-electron chi connectivity index (χ0n) is 25.6. The monoisotopic (exact) mass is 618 g/mol. The molecular weight excluding hydrogens is 592 g/mol. The van der Waals surface area contributed by atoms with Crippen molar-refractivity contribution in [2.45, 2.75) is 0 Å². The molecule has 0 aliphatic heterocycles. The predicted octanol–water partition coefficient (Wildman–Crippen LogP) is 12.4. The summed E-state index contributed by atoms with van der Waals surface area (Å²) < 4.78 is 19.1. The first kappa shape index (κ1) is 26.6. The lowest BCUT2D eigenvalue weighted by Crippen LogP contribution is -2.10. The summed E-state index contributed by atoms with van der Waals surface area (Å²) in [7, 11) is 0. The molecule has 0 radical (unpaired) electrons. The van der Waals surface area contributed by atoms with E-state index in [-0.39, 0.29) is 0 Å². The number of rotatable bonds is 5. The summed E-state index contributed by atoms with van der Waals surface area (Å²) in [4.78, 5) is 7.01. The van der Waals surface area contributed by atoms with Crippen LogP contribution in [0.5, 0.6) is 0 Å². The number of nitrogens with zero attached hydrogens (tertiary/aromatic N) is 2. The topological polar surface area (TPSA) is 55.6 Å². The highest BCUT2D eigenvalue weighted by Crippen LogP contribution is 2.43. The molecule has 0 unspecified atom stereocenters. The molecular formula is C43H26N2O3. The van der Waals surface area contributed by atoms with E-state index in [0.29, 0.717) is 5.89 Å². The van der Waals surface area contributed by atoms with Gasteiger partial charge in [0.05, 0.1) is 5.69 Å². The summed E-state index contributed by atoms with van der Waals surface area (Å²) in [6.45, 7) is 0. The van der Waals surface area contributed by atoms with Crippen molar-refractivity contribution in [3.63, 3.8) is 0 Å². The van der Waals surface area contributed by atoms with E-state index in [2.05, 4.69) is 95.9 Å². The Bertz CT molecular complexity index is 2770. The maximum Gasteiger partial charge on any atom is 0.227 e. The second kappa shape index (κ2) is 10.5. The molecule has 5 nitrogen and oxygen atoms in total. The summed E-state index contributed by atoms with van der Waals surface area (Å²) in [5.74, 6) is 0.597. The van der Waals surface area contributed by atoms with Crippen LogP contribution in [-0.2, 0) is 0 Å². The normalized spacial score (nSPS) is 11.8. The highest BCUT2D eigenvalue weighted by molar-refractivity contribution is 6.15. The third-order valence-corrected chi connectivity index (χ3v) is 9.10. The number of hydrogen-bond acceptors (Lipinski definition) is 5. The molecule has 0 N–H and O–H groups in total. The number of benzene rings is 7. The summed E-state index contributed by atoms with van der Waals surface area (Å²) in [6.07, 6.45) is 0. The van der Waals surface area contributed by atoms with Gasteiger partial charge in [-0.2, -0.15) is 0 Å². The fourth-order valence-corrected chi connectivity index (χ4v) is 6.89. The Labute approximate surface area is 274 Å². The quantitative estimate of drug-likeness (QED) is 0.192. The number of fused-ring (bicyclic) bond motifs is 7. The molecule has 10 rings (SSSR count). The number of hydrogen-bond donors (Lipinski definition) is 0. The molecule has 0 aliphatic carbocycles. The highest BCUT2D eigenvalue weighted by atomic mass is 16.4. The molecule has 7 aromatic carbocycles. The SMILES string of the molecule is c1ccc(-c2nc3cc4oc5cccc(-c6ccc(N(c7ccccc7)c7cccc8c7oc7ccccc78)cc6)c5c4cc3o2)cc1. The van der Waals surface area contributed by atoms with Gasteiger partial charge in [0.1, 0.15) is 22.3 Å². The predicted molar refractivity (Wildman–Crippen MR) is 194 cm³/mol. The maximum atomic E-state index is 6.47. The Kier molecular flexibility index (Phi) is 5.81. The summed E-state index contributed by atoms with van der Waals surface area (Å²) in [5.41, 5.74) is 11.0. The van der Waals surface area contributed by atoms with Crippen LogP contribution in [0.15, 0.2) is 171 Å². The van der Waals surface area contributed by atoms with Gasteiger partial charge in [-0.05, 0) is 71.8 Å². The van der Waals surface area contributed by atoms with Gasteiger partial charge in [0.2, 0.25) is 5.89 Å². The van der Waals surface area contributed by atoms with Crippen LogP contribution in [-0.4, -0.2) is 4.98 Å². The van der Waals surface area contributed by atoms with Gasteiger partial charge in [0.15, 0.2) is 11.2 Å². The molecule has 3 heterocycles. The fourth-order valence-electron chi connectivity index (χ4n) is 6.89. The third kappa shape index (κ3) is 4.15. The zero-order valence-corrected chi connectivity index (χ0v) is 25.6. The number of aromatic nitrogens is 1. The summed E-state index contributed by atoms with van der Waals surface area (Å²) in [5, 5.41) is 4.25. The van der Waals surface area contributed by atoms with Crippen LogP contribution in [0.25, 0.3) is 77.6 Å². The second-order valence-electron chi connectivity index (χ2n) is 12.0. The van der Waals surface area contributed by atoms with E-state index < -0.39 is 0 Å². The Morgan fingerprint density at radius 1 is 0.438 bits per heavy atom. The molecule has 10 aromatic rings. The molecule has 0 fully saturated rings. The fraction of sp³-hybridized carbons (Fsp3) is 0. The van der Waals surface area contributed by atoms with Crippen LogP contribution < -0.4 is 4.90 Å². The molecule has 0 aliphatic rings. The van der Waals surface area contributed by atoms with Crippen LogP contribution in [0.2, 0.25) is 0 Å². The minimum atomic E-state index is 0.597. The van der Waals surface area contributed by atoms with Gasteiger partial charge in [-0.1, -0.05) is 91.0 Å². The van der Waals surface area contributed by atoms with Gasteiger partial charge in [0, 0.05) is 44.5 Å². The van der Waals surface area contributed by atoms with E-state index in [9.17, 15) is 0 Å². The minimum Gasteiger partial charge on any atom is -0.456 e. The van der Waals surface area contributed by atoms with Crippen LogP contribution >= 0.6 is 0 Å². The van der Waals surface area contributed by atoms with Gasteiger partial charge >= 0.3 is 0 Å². The van der Waals surface area contributed by atoms with E-state index in [1.807, 2.05) is 66.7 Å². The van der Waals surface area contributed by atoms with Crippen LogP contribution in [0.4, 0.5) is 17.1 Å². The molecule has 0 atom stereocenters.